The molecule has 10 rings (SSSR count). The lowest BCUT2D eigenvalue weighted by molar-refractivity contribution is 0.670. The fourth-order valence-electron chi connectivity index (χ4n) is 7.30. The van der Waals surface area contributed by atoms with E-state index in [0.717, 1.165) is 66.5 Å². The normalized spacial score (nSPS) is 11.5. The van der Waals surface area contributed by atoms with Gasteiger partial charge in [-0.1, -0.05) is 152 Å². The summed E-state index contributed by atoms with van der Waals surface area (Å²) in [6, 6.07) is 63.9. The van der Waals surface area contributed by atoms with Crippen molar-refractivity contribution in [3.8, 4) is 56.2 Å². The lowest BCUT2D eigenvalue weighted by Gasteiger charge is -2.12. The Morgan fingerprint density at radius 2 is 0.961 bits per heavy atom. The molecule has 0 saturated heterocycles. The fraction of sp³-hybridized carbons (Fsp3) is 0. The first-order chi connectivity index (χ1) is 25.2. The first-order valence-corrected chi connectivity index (χ1v) is 17.2. The SMILES string of the molecule is c1ccc(-c2cc(-c3cc(-c4ccc(-c5cccc6ccccc56)cc4)cc4c3oc3cc5ccccc5cc34)nc(-c3ccccc3)n2)cc1. The van der Waals surface area contributed by atoms with Crippen LogP contribution in [0.3, 0.4) is 0 Å². The number of benzene rings is 8. The third-order valence-electron chi connectivity index (χ3n) is 9.86. The number of fused-ring (bicyclic) bond motifs is 5. The Hall–Kier alpha value is -6.84. The minimum atomic E-state index is 0.673. The van der Waals surface area contributed by atoms with E-state index in [-0.39, 0.29) is 0 Å². The molecule has 0 aliphatic heterocycles. The molecule has 0 saturated carbocycles. The highest BCUT2D eigenvalue weighted by Gasteiger charge is 2.19. The van der Waals surface area contributed by atoms with E-state index in [1.165, 1.54) is 27.3 Å². The third kappa shape index (κ3) is 5.15. The molecule has 2 heterocycles. The van der Waals surface area contributed by atoms with E-state index < -0.39 is 0 Å². The molecule has 0 aliphatic carbocycles. The standard InChI is InChI=1S/C48H30N2O/c1-3-13-34(14-4-1)44-30-45(50-48(49-44)35-15-5-2-6-16-35)43-28-38(27-42-41-26-36-17-7-8-18-37(36)29-46(41)51-47(42)43)31-22-24-33(25-23-31)40-21-11-19-32-12-9-10-20-39(32)40/h1-30H. The lowest BCUT2D eigenvalue weighted by Crippen LogP contribution is -1.96. The summed E-state index contributed by atoms with van der Waals surface area (Å²) in [6.45, 7) is 0. The predicted octanol–water partition coefficient (Wildman–Crippen LogP) is 13.0. The van der Waals surface area contributed by atoms with Crippen molar-refractivity contribution < 1.29 is 4.42 Å². The Morgan fingerprint density at radius 1 is 0.333 bits per heavy atom. The number of hydrogen-bond donors (Lipinski definition) is 0. The summed E-state index contributed by atoms with van der Waals surface area (Å²) < 4.78 is 6.79. The zero-order valence-electron chi connectivity index (χ0n) is 27.6. The smallest absolute Gasteiger partial charge is 0.160 e. The molecule has 0 aliphatic rings. The van der Waals surface area contributed by atoms with Gasteiger partial charge in [-0.05, 0) is 74.1 Å². The van der Waals surface area contributed by atoms with Crippen molar-refractivity contribution in [3.63, 3.8) is 0 Å². The van der Waals surface area contributed by atoms with Crippen LogP contribution in [-0.2, 0) is 0 Å². The summed E-state index contributed by atoms with van der Waals surface area (Å²) in [7, 11) is 0. The molecule has 0 amide bonds. The molecule has 3 heteroatoms. The van der Waals surface area contributed by atoms with E-state index in [1.54, 1.807) is 0 Å². The molecule has 10 aromatic rings. The van der Waals surface area contributed by atoms with Crippen LogP contribution >= 0.6 is 0 Å². The van der Waals surface area contributed by atoms with Crippen molar-refractivity contribution in [1.29, 1.82) is 0 Å². The van der Waals surface area contributed by atoms with Gasteiger partial charge in [-0.2, -0.15) is 0 Å². The van der Waals surface area contributed by atoms with Gasteiger partial charge in [-0.25, -0.2) is 9.97 Å². The second kappa shape index (κ2) is 11.9. The fourth-order valence-corrected chi connectivity index (χ4v) is 7.30. The van der Waals surface area contributed by atoms with Crippen molar-refractivity contribution in [2.45, 2.75) is 0 Å². The maximum atomic E-state index is 6.79. The van der Waals surface area contributed by atoms with Crippen LogP contribution in [0.15, 0.2) is 186 Å². The van der Waals surface area contributed by atoms with Gasteiger partial charge in [-0.15, -0.1) is 0 Å². The van der Waals surface area contributed by atoms with Gasteiger partial charge in [-0.3, -0.25) is 0 Å². The second-order valence-electron chi connectivity index (χ2n) is 13.0. The van der Waals surface area contributed by atoms with Crippen LogP contribution in [0.25, 0.3) is 99.6 Å². The van der Waals surface area contributed by atoms with Crippen LogP contribution in [0.4, 0.5) is 0 Å². The molecular weight excluding hydrogens is 621 g/mol. The third-order valence-corrected chi connectivity index (χ3v) is 9.86. The molecule has 0 bridgehead atoms. The Bertz CT molecular complexity index is 2830. The van der Waals surface area contributed by atoms with E-state index >= 15 is 0 Å². The molecular formula is C48H30N2O. The number of rotatable bonds is 5. The molecule has 0 N–H and O–H groups in total. The Labute approximate surface area is 295 Å². The van der Waals surface area contributed by atoms with E-state index in [9.17, 15) is 0 Å². The zero-order valence-corrected chi connectivity index (χ0v) is 27.6. The summed E-state index contributed by atoms with van der Waals surface area (Å²) in [6.07, 6.45) is 0. The van der Waals surface area contributed by atoms with Crippen molar-refractivity contribution >= 4 is 43.5 Å². The van der Waals surface area contributed by atoms with Crippen LogP contribution in [0.5, 0.6) is 0 Å². The molecule has 0 fully saturated rings. The maximum Gasteiger partial charge on any atom is 0.160 e. The average molecular weight is 651 g/mol. The minimum absolute atomic E-state index is 0.673. The highest BCUT2D eigenvalue weighted by molar-refractivity contribution is 6.14. The topological polar surface area (TPSA) is 38.9 Å². The van der Waals surface area contributed by atoms with Gasteiger partial charge >= 0.3 is 0 Å². The Balaban J connectivity index is 1.21. The molecule has 0 radical (unpaired) electrons. The van der Waals surface area contributed by atoms with Crippen LogP contribution in [0, 0.1) is 0 Å². The van der Waals surface area contributed by atoms with Crippen molar-refractivity contribution in [1.82, 2.24) is 9.97 Å². The monoisotopic (exact) mass is 650 g/mol. The van der Waals surface area contributed by atoms with Crippen molar-refractivity contribution in [3.05, 3.63) is 182 Å². The molecule has 0 spiro atoms. The van der Waals surface area contributed by atoms with Crippen molar-refractivity contribution in [2.75, 3.05) is 0 Å². The largest absolute Gasteiger partial charge is 0.455 e. The van der Waals surface area contributed by atoms with E-state index in [2.05, 4.69) is 146 Å². The van der Waals surface area contributed by atoms with E-state index in [1.807, 2.05) is 36.4 Å². The first-order valence-electron chi connectivity index (χ1n) is 17.2. The number of aromatic nitrogens is 2. The second-order valence-corrected chi connectivity index (χ2v) is 13.0. The molecule has 51 heavy (non-hydrogen) atoms. The minimum Gasteiger partial charge on any atom is -0.455 e. The van der Waals surface area contributed by atoms with Gasteiger partial charge in [0, 0.05) is 27.5 Å². The summed E-state index contributed by atoms with van der Waals surface area (Å²) in [5, 5.41) is 6.96. The van der Waals surface area contributed by atoms with Gasteiger partial charge in [0.15, 0.2) is 5.82 Å². The molecule has 0 unspecified atom stereocenters. The highest BCUT2D eigenvalue weighted by Crippen LogP contribution is 2.42. The zero-order chi connectivity index (χ0) is 33.7. The van der Waals surface area contributed by atoms with Crippen LogP contribution in [0.2, 0.25) is 0 Å². The van der Waals surface area contributed by atoms with E-state index in [4.69, 9.17) is 14.4 Å². The molecule has 0 atom stereocenters. The van der Waals surface area contributed by atoms with E-state index in [0.29, 0.717) is 5.82 Å². The van der Waals surface area contributed by atoms with Gasteiger partial charge < -0.3 is 4.42 Å². The van der Waals surface area contributed by atoms with Crippen molar-refractivity contribution in [2.24, 2.45) is 0 Å². The average Bonchev–Trinajstić information content (AvgIpc) is 3.57. The molecule has 8 aromatic carbocycles. The van der Waals surface area contributed by atoms with Gasteiger partial charge in [0.2, 0.25) is 0 Å². The summed E-state index contributed by atoms with van der Waals surface area (Å²) >= 11 is 0. The summed E-state index contributed by atoms with van der Waals surface area (Å²) in [5.74, 6) is 0.673. The molecule has 2 aromatic heterocycles. The van der Waals surface area contributed by atoms with Crippen LogP contribution < -0.4 is 0 Å². The number of furan rings is 1. The molecule has 238 valence electrons. The summed E-state index contributed by atoms with van der Waals surface area (Å²) in [4.78, 5) is 10.3. The lowest BCUT2D eigenvalue weighted by atomic mass is 9.94. The van der Waals surface area contributed by atoms with Gasteiger partial charge in [0.1, 0.15) is 11.2 Å². The Morgan fingerprint density at radius 3 is 1.75 bits per heavy atom. The van der Waals surface area contributed by atoms with Crippen LogP contribution in [-0.4, -0.2) is 9.97 Å². The first kappa shape index (κ1) is 29.1. The summed E-state index contributed by atoms with van der Waals surface area (Å²) in [5.41, 5.74) is 10.9. The molecule has 3 nitrogen and oxygen atoms in total. The number of hydrogen-bond acceptors (Lipinski definition) is 3. The predicted molar refractivity (Wildman–Crippen MR) is 212 cm³/mol. The van der Waals surface area contributed by atoms with Gasteiger partial charge in [0.25, 0.3) is 0 Å². The van der Waals surface area contributed by atoms with Gasteiger partial charge in [0.05, 0.1) is 11.4 Å². The quantitative estimate of drug-likeness (QED) is 0.186. The van der Waals surface area contributed by atoms with Crippen LogP contribution in [0.1, 0.15) is 0 Å². The maximum absolute atomic E-state index is 6.79. The highest BCUT2D eigenvalue weighted by atomic mass is 16.3. The Kier molecular flexibility index (Phi) is 6.81. The number of nitrogens with zero attached hydrogens (tertiary/aromatic N) is 2.